The molecular weight excluding hydrogens is 328 g/mol. The van der Waals surface area contributed by atoms with Gasteiger partial charge in [0, 0.05) is 0 Å². The Kier molecular flexibility index (Phi) is 4.22. The largest absolute Gasteiger partial charge is 0.503 e. The third kappa shape index (κ3) is 2.89. The summed E-state index contributed by atoms with van der Waals surface area (Å²) in [6.45, 7) is 0. The summed E-state index contributed by atoms with van der Waals surface area (Å²) in [5.41, 5.74) is 3.36. The van der Waals surface area contributed by atoms with Crippen LogP contribution >= 0.6 is 15.9 Å². The summed E-state index contributed by atoms with van der Waals surface area (Å²) < 4.78 is 10.5. The highest BCUT2D eigenvalue weighted by Crippen LogP contribution is 2.34. The number of nitrogens with zero attached hydrogens (tertiary/aromatic N) is 3. The number of phenolic OH excluding ortho intramolecular Hbond substituents is 1. The van der Waals surface area contributed by atoms with Gasteiger partial charge >= 0.3 is 0 Å². The predicted molar refractivity (Wildman–Crippen MR) is 74.8 cm³/mol. The standard InChI is InChI=1S/C12H9BrN4O3/c1-19-10-3-7(2-8(13)11(10)18)5-16-17-12-9(4-14)15-6-20-12/h2-3,5-6,17-18H,1H3. The number of aromatic hydroxyl groups is 1. The fourth-order valence-corrected chi connectivity index (χ4v) is 1.85. The van der Waals surface area contributed by atoms with E-state index in [9.17, 15) is 5.11 Å². The number of hydrogen-bond donors (Lipinski definition) is 2. The van der Waals surface area contributed by atoms with Crippen LogP contribution in [0.2, 0.25) is 0 Å². The van der Waals surface area contributed by atoms with E-state index in [1.807, 2.05) is 6.07 Å². The number of hydrazone groups is 1. The van der Waals surface area contributed by atoms with Crippen molar-refractivity contribution in [3.63, 3.8) is 0 Å². The van der Waals surface area contributed by atoms with Gasteiger partial charge in [0.05, 0.1) is 17.8 Å². The van der Waals surface area contributed by atoms with Crippen molar-refractivity contribution in [1.29, 1.82) is 5.26 Å². The normalized spacial score (nSPS) is 10.4. The maximum atomic E-state index is 9.67. The summed E-state index contributed by atoms with van der Waals surface area (Å²) in [5.74, 6) is 0.492. The van der Waals surface area contributed by atoms with Gasteiger partial charge in [0.1, 0.15) is 6.07 Å². The molecule has 2 N–H and O–H groups in total. The van der Waals surface area contributed by atoms with E-state index in [0.29, 0.717) is 15.8 Å². The Bertz CT molecular complexity index is 690. The molecule has 20 heavy (non-hydrogen) atoms. The molecular formula is C12H9BrN4O3. The van der Waals surface area contributed by atoms with Crippen LogP contribution in [-0.4, -0.2) is 23.4 Å². The number of anilines is 1. The van der Waals surface area contributed by atoms with Gasteiger partial charge in [0.25, 0.3) is 5.88 Å². The lowest BCUT2D eigenvalue weighted by Crippen LogP contribution is -1.93. The second kappa shape index (κ2) is 6.08. The minimum atomic E-state index is 0.0135. The molecule has 0 aliphatic rings. The lowest BCUT2D eigenvalue weighted by molar-refractivity contribution is 0.372. The maximum absolute atomic E-state index is 9.67. The first-order chi connectivity index (χ1) is 9.65. The monoisotopic (exact) mass is 336 g/mol. The van der Waals surface area contributed by atoms with Crippen molar-refractivity contribution in [1.82, 2.24) is 4.98 Å². The second-order valence-electron chi connectivity index (χ2n) is 3.57. The number of nitriles is 1. The summed E-state index contributed by atoms with van der Waals surface area (Å²) in [7, 11) is 1.45. The van der Waals surface area contributed by atoms with Crippen LogP contribution in [0.25, 0.3) is 0 Å². The molecule has 0 radical (unpaired) electrons. The second-order valence-corrected chi connectivity index (χ2v) is 4.42. The van der Waals surface area contributed by atoms with Crippen LogP contribution in [-0.2, 0) is 0 Å². The molecule has 0 aliphatic carbocycles. The van der Waals surface area contributed by atoms with E-state index in [1.54, 1.807) is 12.1 Å². The van der Waals surface area contributed by atoms with E-state index >= 15 is 0 Å². The van der Waals surface area contributed by atoms with Crippen molar-refractivity contribution in [3.05, 3.63) is 34.3 Å². The molecule has 1 aromatic heterocycles. The minimum absolute atomic E-state index is 0.0135. The van der Waals surface area contributed by atoms with Crippen LogP contribution in [0.4, 0.5) is 5.88 Å². The number of rotatable bonds is 4. The van der Waals surface area contributed by atoms with Gasteiger partial charge in [-0.05, 0) is 33.6 Å². The fraction of sp³-hybridized carbons (Fsp3) is 0.0833. The van der Waals surface area contributed by atoms with Crippen molar-refractivity contribution in [2.75, 3.05) is 12.5 Å². The van der Waals surface area contributed by atoms with Crippen LogP contribution in [0.5, 0.6) is 11.5 Å². The van der Waals surface area contributed by atoms with E-state index in [2.05, 4.69) is 31.4 Å². The van der Waals surface area contributed by atoms with Crippen molar-refractivity contribution in [3.8, 4) is 17.6 Å². The molecule has 0 aliphatic heterocycles. The summed E-state index contributed by atoms with van der Waals surface area (Å²) in [6, 6.07) is 5.13. The molecule has 0 saturated heterocycles. The molecule has 2 rings (SSSR count). The Balaban J connectivity index is 2.16. The molecule has 0 amide bonds. The Morgan fingerprint density at radius 1 is 1.60 bits per heavy atom. The first-order valence-corrected chi connectivity index (χ1v) is 6.14. The molecule has 1 aromatic carbocycles. The third-order valence-electron chi connectivity index (χ3n) is 2.32. The topological polar surface area (TPSA) is 104 Å². The first-order valence-electron chi connectivity index (χ1n) is 5.35. The quantitative estimate of drug-likeness (QED) is 0.656. The maximum Gasteiger partial charge on any atom is 0.251 e. The SMILES string of the molecule is COc1cc(C=NNc2ocnc2C#N)cc(Br)c1O. The summed E-state index contributed by atoms with van der Waals surface area (Å²) in [6.07, 6.45) is 2.63. The van der Waals surface area contributed by atoms with E-state index in [0.717, 1.165) is 6.39 Å². The number of benzene rings is 1. The summed E-state index contributed by atoms with van der Waals surface area (Å²) in [5, 5.41) is 22.3. The Hall–Kier alpha value is -2.53. The van der Waals surface area contributed by atoms with Crippen molar-refractivity contribution < 1.29 is 14.3 Å². The molecule has 2 aromatic rings. The fourth-order valence-electron chi connectivity index (χ4n) is 1.39. The summed E-state index contributed by atoms with van der Waals surface area (Å²) >= 11 is 3.21. The van der Waals surface area contributed by atoms with Crippen LogP contribution in [0, 0.1) is 11.3 Å². The Labute approximate surface area is 122 Å². The summed E-state index contributed by atoms with van der Waals surface area (Å²) in [4.78, 5) is 3.69. The lowest BCUT2D eigenvalue weighted by Gasteiger charge is -2.06. The van der Waals surface area contributed by atoms with Crippen LogP contribution in [0.3, 0.4) is 0 Å². The van der Waals surface area contributed by atoms with Gasteiger partial charge in [0.2, 0.25) is 5.69 Å². The zero-order valence-electron chi connectivity index (χ0n) is 10.3. The van der Waals surface area contributed by atoms with Gasteiger partial charge in [-0.2, -0.15) is 10.4 Å². The zero-order chi connectivity index (χ0) is 14.5. The smallest absolute Gasteiger partial charge is 0.251 e. The number of halogens is 1. The molecule has 0 saturated carbocycles. The third-order valence-corrected chi connectivity index (χ3v) is 2.93. The molecule has 0 unspecified atom stereocenters. The van der Waals surface area contributed by atoms with E-state index in [-0.39, 0.29) is 17.3 Å². The number of methoxy groups -OCH3 is 1. The average molecular weight is 337 g/mol. The Morgan fingerprint density at radius 3 is 3.10 bits per heavy atom. The van der Waals surface area contributed by atoms with Crippen LogP contribution in [0.1, 0.15) is 11.3 Å². The molecule has 8 heteroatoms. The van der Waals surface area contributed by atoms with Crippen LogP contribution in [0.15, 0.2) is 32.5 Å². The molecule has 0 atom stereocenters. The predicted octanol–water partition coefficient (Wildman–Crippen LogP) is 2.47. The van der Waals surface area contributed by atoms with Gasteiger partial charge < -0.3 is 14.3 Å². The van der Waals surface area contributed by atoms with Gasteiger partial charge in [-0.25, -0.2) is 10.4 Å². The number of hydrogen-bond acceptors (Lipinski definition) is 7. The first kappa shape index (κ1) is 13.9. The highest BCUT2D eigenvalue weighted by Gasteiger charge is 2.08. The van der Waals surface area contributed by atoms with Crippen molar-refractivity contribution in [2.45, 2.75) is 0 Å². The molecule has 1 heterocycles. The molecule has 102 valence electrons. The van der Waals surface area contributed by atoms with Crippen LogP contribution < -0.4 is 10.2 Å². The van der Waals surface area contributed by atoms with Crippen molar-refractivity contribution >= 4 is 28.0 Å². The zero-order valence-corrected chi connectivity index (χ0v) is 11.9. The van der Waals surface area contributed by atoms with Gasteiger partial charge in [-0.1, -0.05) is 0 Å². The molecule has 0 spiro atoms. The van der Waals surface area contributed by atoms with E-state index in [4.69, 9.17) is 14.4 Å². The number of nitrogens with one attached hydrogen (secondary N) is 1. The van der Waals surface area contributed by atoms with Gasteiger partial charge in [-0.3, -0.25) is 0 Å². The average Bonchev–Trinajstić information content (AvgIpc) is 2.90. The number of ether oxygens (including phenoxy) is 1. The lowest BCUT2D eigenvalue weighted by atomic mass is 10.2. The number of aromatic nitrogens is 1. The number of oxazole rings is 1. The Morgan fingerprint density at radius 2 is 2.40 bits per heavy atom. The number of phenols is 1. The van der Waals surface area contributed by atoms with Crippen molar-refractivity contribution in [2.24, 2.45) is 5.10 Å². The van der Waals surface area contributed by atoms with E-state index in [1.165, 1.54) is 13.3 Å². The minimum Gasteiger partial charge on any atom is -0.503 e. The molecule has 0 bridgehead atoms. The van der Waals surface area contributed by atoms with E-state index < -0.39 is 0 Å². The van der Waals surface area contributed by atoms with Gasteiger partial charge in [0.15, 0.2) is 17.9 Å². The highest BCUT2D eigenvalue weighted by molar-refractivity contribution is 9.10. The van der Waals surface area contributed by atoms with Gasteiger partial charge in [-0.15, -0.1) is 0 Å². The molecule has 7 nitrogen and oxygen atoms in total. The molecule has 0 fully saturated rings. The highest BCUT2D eigenvalue weighted by atomic mass is 79.9.